The van der Waals surface area contributed by atoms with Crippen molar-refractivity contribution in [3.8, 4) is 0 Å². The fraction of sp³-hybridized carbons (Fsp3) is 0.188. The number of esters is 1. The molecule has 0 radical (unpaired) electrons. The molecule has 0 amide bonds. The Labute approximate surface area is 125 Å². The fourth-order valence-electron chi connectivity index (χ4n) is 1.80. The van der Waals surface area contributed by atoms with Gasteiger partial charge in [0.05, 0.1) is 4.48 Å². The summed E-state index contributed by atoms with van der Waals surface area (Å²) in [6.45, 7) is 1.88. The van der Waals surface area contributed by atoms with Gasteiger partial charge in [-0.3, -0.25) is 4.79 Å². The number of carbonyl (C=O) groups is 1. The minimum atomic E-state index is -0.988. The molecule has 20 heavy (non-hydrogen) atoms. The lowest BCUT2D eigenvalue weighted by Gasteiger charge is -2.20. The Morgan fingerprint density at radius 2 is 2.05 bits per heavy atom. The summed E-state index contributed by atoms with van der Waals surface area (Å²) >= 11 is 3.11. The largest absolute Gasteiger partial charge is 0.460 e. The van der Waals surface area contributed by atoms with Crippen molar-refractivity contribution >= 4 is 21.9 Å². The zero-order valence-corrected chi connectivity index (χ0v) is 12.6. The molecule has 2 nitrogen and oxygen atoms in total. The molecule has 1 unspecified atom stereocenters. The standard InChI is InChI=1S/C16H14BrFO2/c1-16(9-5-8-14(18)13(17)10-16)15(19)20-11-12-6-3-2-4-7-12/h2-10H,11H2,1H3. The summed E-state index contributed by atoms with van der Waals surface area (Å²) in [7, 11) is 0. The molecule has 0 bridgehead atoms. The maximum atomic E-state index is 13.4. The molecule has 1 aliphatic carbocycles. The van der Waals surface area contributed by atoms with Crippen LogP contribution in [-0.2, 0) is 16.1 Å². The highest BCUT2D eigenvalue weighted by atomic mass is 79.9. The van der Waals surface area contributed by atoms with E-state index in [0.717, 1.165) is 5.56 Å². The smallest absolute Gasteiger partial charge is 0.319 e. The normalized spacial score (nSPS) is 21.8. The number of halogens is 2. The van der Waals surface area contributed by atoms with E-state index in [4.69, 9.17) is 4.74 Å². The predicted octanol–water partition coefficient (Wildman–Crippen LogP) is 4.44. The molecule has 1 aromatic carbocycles. The molecule has 1 aliphatic rings. The zero-order valence-electron chi connectivity index (χ0n) is 11.0. The minimum Gasteiger partial charge on any atom is -0.460 e. The topological polar surface area (TPSA) is 26.3 Å². The van der Waals surface area contributed by atoms with Crippen LogP contribution in [0.1, 0.15) is 12.5 Å². The molecule has 4 heteroatoms. The van der Waals surface area contributed by atoms with Crippen LogP contribution >= 0.6 is 15.9 Å². The molecule has 0 N–H and O–H groups in total. The molecule has 1 atom stereocenters. The quantitative estimate of drug-likeness (QED) is 0.763. The highest BCUT2D eigenvalue weighted by Crippen LogP contribution is 2.32. The highest BCUT2D eigenvalue weighted by Gasteiger charge is 2.31. The van der Waals surface area contributed by atoms with Crippen molar-refractivity contribution in [1.82, 2.24) is 0 Å². The first-order valence-electron chi connectivity index (χ1n) is 6.16. The summed E-state index contributed by atoms with van der Waals surface area (Å²) < 4.78 is 19.0. The number of hydrogen-bond acceptors (Lipinski definition) is 2. The summed E-state index contributed by atoms with van der Waals surface area (Å²) in [6.07, 6.45) is 5.95. The lowest BCUT2D eigenvalue weighted by atomic mass is 9.90. The van der Waals surface area contributed by atoms with Crippen molar-refractivity contribution in [3.05, 3.63) is 70.5 Å². The number of rotatable bonds is 3. The van der Waals surface area contributed by atoms with Crippen molar-refractivity contribution in [1.29, 1.82) is 0 Å². The third-order valence-corrected chi connectivity index (χ3v) is 3.60. The lowest BCUT2D eigenvalue weighted by molar-refractivity contribution is -0.151. The predicted molar refractivity (Wildman–Crippen MR) is 79.7 cm³/mol. The molecular weight excluding hydrogens is 323 g/mol. The van der Waals surface area contributed by atoms with Gasteiger partial charge in [0.2, 0.25) is 0 Å². The van der Waals surface area contributed by atoms with Gasteiger partial charge in [-0.15, -0.1) is 0 Å². The Balaban J connectivity index is 2.09. The monoisotopic (exact) mass is 336 g/mol. The summed E-state index contributed by atoms with van der Waals surface area (Å²) in [5.41, 5.74) is -0.0767. The molecule has 0 fully saturated rings. The van der Waals surface area contributed by atoms with Gasteiger partial charge < -0.3 is 4.74 Å². The van der Waals surface area contributed by atoms with Gasteiger partial charge in [-0.25, -0.2) is 4.39 Å². The minimum absolute atomic E-state index is 0.199. The van der Waals surface area contributed by atoms with Gasteiger partial charge in [-0.2, -0.15) is 0 Å². The van der Waals surface area contributed by atoms with E-state index in [1.807, 2.05) is 30.3 Å². The zero-order chi connectivity index (χ0) is 14.6. The Kier molecular flexibility index (Phi) is 4.55. The number of benzene rings is 1. The summed E-state index contributed by atoms with van der Waals surface area (Å²) in [6, 6.07) is 9.42. The van der Waals surface area contributed by atoms with Crippen molar-refractivity contribution < 1.29 is 13.9 Å². The number of allylic oxidation sites excluding steroid dienone is 4. The molecule has 0 heterocycles. The Hall–Kier alpha value is -1.68. The molecule has 0 spiro atoms. The molecule has 0 saturated heterocycles. The van der Waals surface area contributed by atoms with Gasteiger partial charge in [-0.1, -0.05) is 42.5 Å². The molecule has 0 aromatic heterocycles. The van der Waals surface area contributed by atoms with Gasteiger partial charge >= 0.3 is 5.97 Å². The first kappa shape index (κ1) is 14.7. The van der Waals surface area contributed by atoms with E-state index in [0.29, 0.717) is 0 Å². The van der Waals surface area contributed by atoms with E-state index in [-0.39, 0.29) is 11.1 Å². The van der Waals surface area contributed by atoms with Crippen LogP contribution in [0.2, 0.25) is 0 Å². The maximum Gasteiger partial charge on any atom is 0.319 e. The van der Waals surface area contributed by atoms with Crippen LogP contribution in [0.25, 0.3) is 0 Å². The van der Waals surface area contributed by atoms with E-state index >= 15 is 0 Å². The van der Waals surface area contributed by atoms with Gasteiger partial charge in [0, 0.05) is 0 Å². The number of hydrogen-bond donors (Lipinski definition) is 0. The van der Waals surface area contributed by atoms with Crippen LogP contribution in [-0.4, -0.2) is 5.97 Å². The van der Waals surface area contributed by atoms with E-state index in [9.17, 15) is 9.18 Å². The van der Waals surface area contributed by atoms with Crippen LogP contribution in [0.3, 0.4) is 0 Å². The van der Waals surface area contributed by atoms with E-state index in [1.54, 1.807) is 13.0 Å². The Morgan fingerprint density at radius 1 is 1.35 bits per heavy atom. The molecule has 0 saturated carbocycles. The van der Waals surface area contributed by atoms with E-state index in [2.05, 4.69) is 15.9 Å². The maximum absolute atomic E-state index is 13.4. The molecule has 0 aliphatic heterocycles. The second-order valence-corrected chi connectivity index (χ2v) is 5.56. The second-order valence-electron chi connectivity index (χ2n) is 4.71. The van der Waals surface area contributed by atoms with E-state index in [1.165, 1.54) is 18.2 Å². The third kappa shape index (κ3) is 3.45. The van der Waals surface area contributed by atoms with Crippen LogP contribution in [0.15, 0.2) is 64.9 Å². The highest BCUT2D eigenvalue weighted by molar-refractivity contribution is 9.11. The Morgan fingerprint density at radius 3 is 2.75 bits per heavy atom. The van der Waals surface area contributed by atoms with Crippen LogP contribution in [0.4, 0.5) is 4.39 Å². The van der Waals surface area contributed by atoms with Crippen molar-refractivity contribution in [2.75, 3.05) is 0 Å². The molecule has 2 rings (SSSR count). The average molecular weight is 337 g/mol. The first-order chi connectivity index (χ1) is 9.51. The van der Waals surface area contributed by atoms with Gasteiger partial charge in [0.1, 0.15) is 17.8 Å². The van der Waals surface area contributed by atoms with Gasteiger partial charge in [0.25, 0.3) is 0 Å². The van der Waals surface area contributed by atoms with Crippen molar-refractivity contribution in [2.45, 2.75) is 13.5 Å². The van der Waals surface area contributed by atoms with Crippen molar-refractivity contribution in [2.24, 2.45) is 5.41 Å². The number of carbonyl (C=O) groups excluding carboxylic acids is 1. The first-order valence-corrected chi connectivity index (χ1v) is 6.95. The second kappa shape index (κ2) is 6.18. The van der Waals surface area contributed by atoms with Gasteiger partial charge in [-0.05, 0) is 40.6 Å². The molecule has 1 aromatic rings. The van der Waals surface area contributed by atoms with Crippen molar-refractivity contribution in [3.63, 3.8) is 0 Å². The van der Waals surface area contributed by atoms with Crippen LogP contribution in [0.5, 0.6) is 0 Å². The SMILES string of the molecule is CC1(C(=O)OCc2ccccc2)C=CC=C(F)C(Br)=C1. The number of ether oxygens (including phenoxy) is 1. The summed E-state index contributed by atoms with van der Waals surface area (Å²) in [4.78, 5) is 12.2. The van der Waals surface area contributed by atoms with Crippen LogP contribution < -0.4 is 0 Å². The molecular formula is C16H14BrFO2. The average Bonchev–Trinajstić information content (AvgIpc) is 2.57. The Bertz CT molecular complexity index is 590. The fourth-order valence-corrected chi connectivity index (χ4v) is 2.41. The molecule has 104 valence electrons. The van der Waals surface area contributed by atoms with Gasteiger partial charge in [0.15, 0.2) is 0 Å². The van der Waals surface area contributed by atoms with Crippen LogP contribution in [0, 0.1) is 5.41 Å². The van der Waals surface area contributed by atoms with E-state index < -0.39 is 17.2 Å². The summed E-state index contributed by atoms with van der Waals surface area (Å²) in [5, 5.41) is 0. The third-order valence-electron chi connectivity index (χ3n) is 2.99. The lowest BCUT2D eigenvalue weighted by Crippen LogP contribution is -2.25. The summed E-state index contributed by atoms with van der Waals surface area (Å²) in [5.74, 6) is -0.835.